The second-order valence-electron chi connectivity index (χ2n) is 3.32. The number of ketones is 1. The van der Waals surface area contributed by atoms with Gasteiger partial charge >= 0.3 is 12.1 Å². The third kappa shape index (κ3) is 6.52. The molecule has 7 nitrogen and oxygen atoms in total. The predicted molar refractivity (Wildman–Crippen MR) is 61.5 cm³/mol. The molecule has 0 fully saturated rings. The van der Waals surface area contributed by atoms with E-state index < -0.39 is 12.1 Å². The molecule has 0 aromatic carbocycles. The average molecular weight is 245 g/mol. The molecule has 0 rings (SSSR count). The Morgan fingerprint density at radius 1 is 1.35 bits per heavy atom. The number of carbonyl (C=O) groups excluding carboxylic acids is 3. The predicted octanol–water partition coefficient (Wildman–Crippen LogP) is 0.0923. The van der Waals surface area contributed by atoms with Crippen LogP contribution in [0, 0.1) is 0 Å². The summed E-state index contributed by atoms with van der Waals surface area (Å²) < 4.78 is 4.71. The van der Waals surface area contributed by atoms with Gasteiger partial charge in [-0.25, -0.2) is 14.5 Å². The fraction of sp³-hybridized carbons (Fsp3) is 0.700. The lowest BCUT2D eigenvalue weighted by Crippen LogP contribution is -2.46. The van der Waals surface area contributed by atoms with Gasteiger partial charge in [0.05, 0.1) is 6.61 Å². The highest BCUT2D eigenvalue weighted by atomic mass is 16.6. The van der Waals surface area contributed by atoms with Crippen molar-refractivity contribution in [2.24, 2.45) is 5.73 Å². The molecular formula is C10H19N3O4. The molecule has 0 heterocycles. The maximum atomic E-state index is 11.6. The van der Waals surface area contributed by atoms with Crippen LogP contribution >= 0.6 is 0 Å². The van der Waals surface area contributed by atoms with Gasteiger partial charge in [0.25, 0.3) is 0 Å². The summed E-state index contributed by atoms with van der Waals surface area (Å²) in [5, 5.41) is 2.45. The highest BCUT2D eigenvalue weighted by Gasteiger charge is 2.21. The monoisotopic (exact) mass is 245 g/mol. The number of urea groups is 1. The van der Waals surface area contributed by atoms with Gasteiger partial charge in [-0.1, -0.05) is 0 Å². The topological polar surface area (TPSA) is 102 Å². The van der Waals surface area contributed by atoms with Gasteiger partial charge in [0.15, 0.2) is 0 Å². The SMILES string of the molecule is CCOC(=O)N(CCN)C(=O)NCCC(C)=O. The second kappa shape index (κ2) is 8.51. The Bertz CT molecular complexity index is 281. The van der Waals surface area contributed by atoms with E-state index >= 15 is 0 Å². The summed E-state index contributed by atoms with van der Waals surface area (Å²) in [6, 6.07) is -0.602. The van der Waals surface area contributed by atoms with Crippen LogP contribution in [0.3, 0.4) is 0 Å². The van der Waals surface area contributed by atoms with Gasteiger partial charge in [-0.05, 0) is 13.8 Å². The van der Waals surface area contributed by atoms with Crippen molar-refractivity contribution >= 4 is 17.9 Å². The number of nitrogens with zero attached hydrogens (tertiary/aromatic N) is 1. The van der Waals surface area contributed by atoms with Crippen LogP contribution in [-0.2, 0) is 9.53 Å². The molecule has 7 heteroatoms. The van der Waals surface area contributed by atoms with Crippen molar-refractivity contribution in [3.05, 3.63) is 0 Å². The summed E-state index contributed by atoms with van der Waals surface area (Å²) >= 11 is 0. The van der Waals surface area contributed by atoms with E-state index in [1.807, 2.05) is 0 Å². The summed E-state index contributed by atoms with van der Waals surface area (Å²) in [4.78, 5) is 34.5. The number of nitrogens with two attached hydrogens (primary N) is 1. The van der Waals surface area contributed by atoms with Gasteiger partial charge in [-0.15, -0.1) is 0 Å². The molecule has 17 heavy (non-hydrogen) atoms. The van der Waals surface area contributed by atoms with Crippen molar-refractivity contribution in [1.82, 2.24) is 10.2 Å². The molecule has 0 atom stereocenters. The van der Waals surface area contributed by atoms with Crippen LogP contribution in [0.5, 0.6) is 0 Å². The van der Waals surface area contributed by atoms with E-state index in [-0.39, 0.29) is 38.4 Å². The zero-order chi connectivity index (χ0) is 13.3. The summed E-state index contributed by atoms with van der Waals surface area (Å²) in [6.07, 6.45) is -0.510. The Labute approximate surface area is 100 Å². The van der Waals surface area contributed by atoms with Gasteiger partial charge in [0.1, 0.15) is 5.78 Å². The van der Waals surface area contributed by atoms with Crippen LogP contribution in [0.25, 0.3) is 0 Å². The summed E-state index contributed by atoms with van der Waals surface area (Å²) in [7, 11) is 0. The molecular weight excluding hydrogens is 226 g/mol. The molecule has 0 saturated heterocycles. The molecule has 0 spiro atoms. The summed E-state index contributed by atoms with van der Waals surface area (Å²) in [5.41, 5.74) is 5.29. The Hall–Kier alpha value is -1.63. The molecule has 0 bridgehead atoms. The largest absolute Gasteiger partial charge is 0.449 e. The minimum absolute atomic E-state index is 0.0354. The molecule has 0 radical (unpaired) electrons. The standard InChI is InChI=1S/C10H19N3O4/c1-3-17-10(16)13(7-5-11)9(15)12-6-4-8(2)14/h3-7,11H2,1-2H3,(H,12,15). The maximum Gasteiger partial charge on any atom is 0.418 e. The van der Waals surface area contributed by atoms with Crippen molar-refractivity contribution < 1.29 is 19.1 Å². The molecule has 0 unspecified atom stereocenters. The van der Waals surface area contributed by atoms with E-state index in [9.17, 15) is 14.4 Å². The van der Waals surface area contributed by atoms with Crippen molar-refractivity contribution in [1.29, 1.82) is 0 Å². The van der Waals surface area contributed by atoms with Crippen LogP contribution in [0.2, 0.25) is 0 Å². The third-order valence-electron chi connectivity index (χ3n) is 1.84. The number of Topliss-reactive ketones (excluding diaryl/α,β-unsaturated/α-hetero) is 1. The highest BCUT2D eigenvalue weighted by molar-refractivity contribution is 5.91. The number of rotatable bonds is 6. The van der Waals surface area contributed by atoms with E-state index in [1.54, 1.807) is 6.92 Å². The van der Waals surface area contributed by atoms with Crippen LogP contribution in [0.1, 0.15) is 20.3 Å². The average Bonchev–Trinajstić information content (AvgIpc) is 2.25. The van der Waals surface area contributed by atoms with Gasteiger partial charge in [0.2, 0.25) is 0 Å². The van der Waals surface area contributed by atoms with Gasteiger partial charge in [-0.2, -0.15) is 0 Å². The molecule has 0 saturated carbocycles. The van der Waals surface area contributed by atoms with E-state index in [4.69, 9.17) is 10.5 Å². The van der Waals surface area contributed by atoms with Gasteiger partial charge < -0.3 is 15.8 Å². The number of amides is 3. The second-order valence-corrected chi connectivity index (χ2v) is 3.32. The number of carbonyl (C=O) groups is 3. The first kappa shape index (κ1) is 15.4. The Morgan fingerprint density at radius 2 is 2.00 bits per heavy atom. The van der Waals surface area contributed by atoms with Crippen molar-refractivity contribution in [3.63, 3.8) is 0 Å². The van der Waals surface area contributed by atoms with Crippen molar-refractivity contribution in [3.8, 4) is 0 Å². The number of ether oxygens (including phenoxy) is 1. The third-order valence-corrected chi connectivity index (χ3v) is 1.84. The van der Waals surface area contributed by atoms with Crippen molar-refractivity contribution in [2.45, 2.75) is 20.3 Å². The highest BCUT2D eigenvalue weighted by Crippen LogP contribution is 1.95. The fourth-order valence-corrected chi connectivity index (χ4v) is 1.05. The Kier molecular flexibility index (Phi) is 7.70. The summed E-state index contributed by atoms with van der Waals surface area (Å²) in [6.45, 7) is 3.67. The van der Waals surface area contributed by atoms with Crippen LogP contribution < -0.4 is 11.1 Å². The number of hydrogen-bond donors (Lipinski definition) is 2. The van der Waals surface area contributed by atoms with E-state index in [0.717, 1.165) is 4.90 Å². The van der Waals surface area contributed by atoms with Crippen LogP contribution in [-0.4, -0.2) is 49.0 Å². The van der Waals surface area contributed by atoms with E-state index in [1.165, 1.54) is 6.92 Å². The van der Waals surface area contributed by atoms with Gasteiger partial charge in [0, 0.05) is 26.1 Å². The fourth-order valence-electron chi connectivity index (χ4n) is 1.05. The summed E-state index contributed by atoms with van der Waals surface area (Å²) in [5.74, 6) is -0.0354. The molecule has 0 aliphatic rings. The normalized spacial score (nSPS) is 9.59. The minimum atomic E-state index is -0.738. The maximum absolute atomic E-state index is 11.6. The minimum Gasteiger partial charge on any atom is -0.449 e. The number of nitrogens with one attached hydrogen (secondary N) is 1. The number of imide groups is 1. The van der Waals surface area contributed by atoms with E-state index in [2.05, 4.69) is 5.32 Å². The first-order valence-electron chi connectivity index (χ1n) is 5.44. The zero-order valence-electron chi connectivity index (χ0n) is 10.2. The molecule has 0 aliphatic carbocycles. The van der Waals surface area contributed by atoms with Crippen molar-refractivity contribution in [2.75, 3.05) is 26.2 Å². The molecule has 3 amide bonds. The van der Waals surface area contributed by atoms with E-state index in [0.29, 0.717) is 0 Å². The molecule has 0 aliphatic heterocycles. The lowest BCUT2D eigenvalue weighted by molar-refractivity contribution is -0.116. The molecule has 98 valence electrons. The quantitative estimate of drug-likeness (QED) is 0.690. The van der Waals surface area contributed by atoms with Crippen LogP contribution in [0.4, 0.5) is 9.59 Å². The van der Waals surface area contributed by atoms with Gasteiger partial charge in [-0.3, -0.25) is 4.79 Å². The molecule has 0 aromatic heterocycles. The molecule has 0 aromatic rings. The lowest BCUT2D eigenvalue weighted by Gasteiger charge is -2.19. The zero-order valence-corrected chi connectivity index (χ0v) is 10.2. The lowest BCUT2D eigenvalue weighted by atomic mass is 10.3. The Balaban J connectivity index is 4.23. The first-order valence-corrected chi connectivity index (χ1v) is 5.44. The smallest absolute Gasteiger partial charge is 0.418 e. The van der Waals surface area contributed by atoms with Crippen LogP contribution in [0.15, 0.2) is 0 Å². The molecule has 3 N–H and O–H groups in total. The first-order chi connectivity index (χ1) is 8.02. The Morgan fingerprint density at radius 3 is 2.47 bits per heavy atom. The number of hydrogen-bond acceptors (Lipinski definition) is 5.